The number of fused-ring (bicyclic) bond motifs is 5. The van der Waals surface area contributed by atoms with Crippen molar-refractivity contribution in [2.24, 2.45) is 5.92 Å². The Balaban J connectivity index is 1.31. The number of rotatable bonds is 3. The fourth-order valence-corrected chi connectivity index (χ4v) is 8.21. The summed E-state index contributed by atoms with van der Waals surface area (Å²) in [7, 11) is 0. The van der Waals surface area contributed by atoms with Crippen molar-refractivity contribution in [3.8, 4) is 29.0 Å². The van der Waals surface area contributed by atoms with E-state index in [-0.39, 0.29) is 0 Å². The summed E-state index contributed by atoms with van der Waals surface area (Å²) in [5, 5.41) is 22.5. The fourth-order valence-electron chi connectivity index (χ4n) is 6.73. The summed E-state index contributed by atoms with van der Waals surface area (Å²) < 4.78 is 2.24. The Morgan fingerprint density at radius 2 is 1.38 bits per heavy atom. The van der Waals surface area contributed by atoms with Crippen LogP contribution in [0.5, 0.6) is 0 Å². The molecule has 8 rings (SSSR count). The van der Waals surface area contributed by atoms with Crippen LogP contribution < -0.4 is 0 Å². The Labute approximate surface area is 249 Å². The Hall–Kier alpha value is -5.03. The molecule has 3 nitrogen and oxygen atoms in total. The molecule has 42 heavy (non-hydrogen) atoms. The molecule has 0 saturated heterocycles. The lowest BCUT2D eigenvalue weighted by molar-refractivity contribution is 0.771. The van der Waals surface area contributed by atoms with Crippen LogP contribution in [0, 0.1) is 28.6 Å². The van der Waals surface area contributed by atoms with Crippen molar-refractivity contribution in [2.75, 3.05) is 0 Å². The van der Waals surface area contributed by atoms with Crippen LogP contribution in [-0.2, 0) is 0 Å². The first-order valence-corrected chi connectivity index (χ1v) is 15.1. The van der Waals surface area contributed by atoms with Crippen molar-refractivity contribution < 1.29 is 0 Å². The third kappa shape index (κ3) is 3.88. The van der Waals surface area contributed by atoms with Gasteiger partial charge >= 0.3 is 0 Å². The van der Waals surface area contributed by atoms with Crippen LogP contribution in [0.1, 0.15) is 36.0 Å². The summed E-state index contributed by atoms with van der Waals surface area (Å²) in [6, 6.07) is 33.8. The third-order valence-corrected chi connectivity index (χ3v) is 10.0. The first-order chi connectivity index (χ1) is 20.7. The number of thioether (sulfide) groups is 1. The molecule has 2 aliphatic carbocycles. The Morgan fingerprint density at radius 3 is 2.12 bits per heavy atom. The minimum atomic E-state index is 0.402. The highest BCUT2D eigenvalue weighted by atomic mass is 32.2. The Morgan fingerprint density at radius 1 is 0.714 bits per heavy atom. The number of aromatic nitrogens is 1. The molecule has 0 fully saturated rings. The first kappa shape index (κ1) is 24.7. The van der Waals surface area contributed by atoms with Gasteiger partial charge in [0.15, 0.2) is 0 Å². The molecule has 3 aliphatic rings. The predicted molar refractivity (Wildman–Crippen MR) is 173 cm³/mol. The van der Waals surface area contributed by atoms with E-state index in [0.717, 1.165) is 52.7 Å². The van der Waals surface area contributed by atoms with Gasteiger partial charge in [-0.3, -0.25) is 0 Å². The zero-order valence-electron chi connectivity index (χ0n) is 22.8. The molecule has 0 bridgehead atoms. The van der Waals surface area contributed by atoms with Crippen LogP contribution in [0.2, 0.25) is 0 Å². The quantitative estimate of drug-likeness (QED) is 0.223. The van der Waals surface area contributed by atoms with E-state index in [0.29, 0.717) is 17.0 Å². The monoisotopic (exact) mass is 555 g/mol. The van der Waals surface area contributed by atoms with Crippen LogP contribution in [-0.4, -0.2) is 4.57 Å². The van der Waals surface area contributed by atoms with E-state index >= 15 is 0 Å². The number of allylic oxidation sites excluding steroid dienone is 8. The summed E-state index contributed by atoms with van der Waals surface area (Å²) in [5.74, 6) is 0.402. The van der Waals surface area contributed by atoms with E-state index in [2.05, 4.69) is 102 Å². The van der Waals surface area contributed by atoms with Crippen LogP contribution in [0.15, 0.2) is 125 Å². The lowest BCUT2D eigenvalue weighted by Gasteiger charge is -2.21. The average Bonchev–Trinajstić information content (AvgIpc) is 3.60. The molecule has 4 heteroatoms. The van der Waals surface area contributed by atoms with E-state index in [1.54, 1.807) is 0 Å². The fraction of sp³-hybridized carbons (Fsp3) is 0.105. The molecular formula is C38H25N3S. The molecular weight excluding hydrogens is 531 g/mol. The number of para-hydroxylation sites is 2. The standard InChI is InChI=1S/C38H25N3S/c39-22-24-16-26(20-28(18-24)30-11-7-12-34-33-10-3-6-15-37(33)42-38(30)34)27-17-25(23-40)19-29(21-27)41-35-13-4-1-8-31(35)32-9-2-5-14-36(32)41/h1-5,7-11,13-14,16-21,34H,6,12,15H2. The highest BCUT2D eigenvalue weighted by molar-refractivity contribution is 8.07. The van der Waals surface area contributed by atoms with Crippen LogP contribution in [0.4, 0.5) is 0 Å². The number of benzene rings is 4. The van der Waals surface area contributed by atoms with Gasteiger partial charge in [-0.2, -0.15) is 10.5 Å². The van der Waals surface area contributed by atoms with Gasteiger partial charge in [-0.15, -0.1) is 0 Å². The number of hydrogen-bond donors (Lipinski definition) is 0. The second kappa shape index (κ2) is 9.81. The van der Waals surface area contributed by atoms with E-state index in [4.69, 9.17) is 0 Å². The van der Waals surface area contributed by atoms with Gasteiger partial charge in [0.25, 0.3) is 0 Å². The summed E-state index contributed by atoms with van der Waals surface area (Å²) in [5.41, 5.74) is 9.92. The predicted octanol–water partition coefficient (Wildman–Crippen LogP) is 9.83. The Bertz CT molecular complexity index is 2120. The molecule has 1 aromatic heterocycles. The molecule has 5 aromatic rings. The van der Waals surface area contributed by atoms with E-state index in [9.17, 15) is 10.5 Å². The van der Waals surface area contributed by atoms with Crippen LogP contribution >= 0.6 is 11.8 Å². The van der Waals surface area contributed by atoms with Crippen molar-refractivity contribution in [3.63, 3.8) is 0 Å². The van der Waals surface area contributed by atoms with Crippen molar-refractivity contribution >= 4 is 39.1 Å². The largest absolute Gasteiger partial charge is 0.309 e. The maximum atomic E-state index is 10.1. The zero-order valence-corrected chi connectivity index (χ0v) is 23.7. The molecule has 0 amide bonds. The molecule has 2 heterocycles. The summed E-state index contributed by atoms with van der Waals surface area (Å²) in [6.45, 7) is 0. The van der Waals surface area contributed by atoms with Gasteiger partial charge in [0.2, 0.25) is 0 Å². The second-order valence-electron chi connectivity index (χ2n) is 11.1. The Kier molecular flexibility index (Phi) is 5.78. The minimum absolute atomic E-state index is 0.402. The maximum Gasteiger partial charge on any atom is 0.0992 e. The van der Waals surface area contributed by atoms with E-state index in [1.165, 1.54) is 31.7 Å². The van der Waals surface area contributed by atoms with Crippen LogP contribution in [0.3, 0.4) is 0 Å². The molecule has 0 saturated carbocycles. The smallest absolute Gasteiger partial charge is 0.0992 e. The molecule has 198 valence electrons. The number of nitriles is 2. The second-order valence-corrected chi connectivity index (χ2v) is 12.2. The molecule has 0 spiro atoms. The topological polar surface area (TPSA) is 52.5 Å². The van der Waals surface area contributed by atoms with E-state index < -0.39 is 0 Å². The van der Waals surface area contributed by atoms with Gasteiger partial charge in [-0.05, 0) is 101 Å². The van der Waals surface area contributed by atoms with Gasteiger partial charge < -0.3 is 4.57 Å². The molecule has 0 N–H and O–H groups in total. The lowest BCUT2D eigenvalue weighted by atomic mass is 9.84. The summed E-state index contributed by atoms with van der Waals surface area (Å²) >= 11 is 1.93. The van der Waals surface area contributed by atoms with Gasteiger partial charge in [0.1, 0.15) is 0 Å². The highest BCUT2D eigenvalue weighted by Gasteiger charge is 2.33. The van der Waals surface area contributed by atoms with Crippen molar-refractivity contribution in [1.82, 2.24) is 4.57 Å². The number of hydrogen-bond acceptors (Lipinski definition) is 3. The van der Waals surface area contributed by atoms with Gasteiger partial charge in [0.05, 0.1) is 34.3 Å². The summed E-state index contributed by atoms with van der Waals surface area (Å²) in [6.07, 6.45) is 12.4. The maximum absolute atomic E-state index is 10.1. The SMILES string of the molecule is N#Cc1cc(C2=C3SC4=C(C=CCC4)C3CC=C2)cc(-c2cc(C#N)cc(-n3c4ccccc4c4ccccc43)c2)c1. The van der Waals surface area contributed by atoms with Crippen LogP contribution in [0.25, 0.3) is 44.2 Å². The molecule has 4 aromatic carbocycles. The lowest BCUT2D eigenvalue weighted by Crippen LogP contribution is -2.05. The van der Waals surface area contributed by atoms with Crippen molar-refractivity contribution in [3.05, 3.63) is 141 Å². The zero-order chi connectivity index (χ0) is 28.2. The highest BCUT2D eigenvalue weighted by Crippen LogP contribution is 2.55. The third-order valence-electron chi connectivity index (χ3n) is 8.60. The minimum Gasteiger partial charge on any atom is -0.309 e. The first-order valence-electron chi connectivity index (χ1n) is 14.3. The van der Waals surface area contributed by atoms with Crippen molar-refractivity contribution in [2.45, 2.75) is 19.3 Å². The molecule has 1 atom stereocenters. The average molecular weight is 556 g/mol. The van der Waals surface area contributed by atoms with Gasteiger partial charge in [-0.1, -0.05) is 72.5 Å². The van der Waals surface area contributed by atoms with E-state index in [1.807, 2.05) is 36.0 Å². The van der Waals surface area contributed by atoms with Gasteiger partial charge in [-0.25, -0.2) is 0 Å². The van der Waals surface area contributed by atoms with Gasteiger partial charge in [0, 0.05) is 27.3 Å². The molecule has 0 radical (unpaired) electrons. The van der Waals surface area contributed by atoms with Crippen molar-refractivity contribution in [1.29, 1.82) is 10.5 Å². The molecule has 1 unspecified atom stereocenters. The summed E-state index contributed by atoms with van der Waals surface area (Å²) in [4.78, 5) is 2.89. The molecule has 1 aliphatic heterocycles. The normalized spacial score (nSPS) is 17.4. The number of nitrogens with zero attached hydrogens (tertiary/aromatic N) is 3.